The molecule has 110 valence electrons. The van der Waals surface area contributed by atoms with Gasteiger partial charge in [-0.15, -0.1) is 0 Å². The number of ether oxygens (including phenoxy) is 1. The smallest absolute Gasteiger partial charge is 0.352 e. The van der Waals surface area contributed by atoms with Gasteiger partial charge >= 0.3 is 5.97 Å². The van der Waals surface area contributed by atoms with Crippen molar-refractivity contribution in [1.29, 1.82) is 0 Å². The van der Waals surface area contributed by atoms with Crippen LogP contribution in [-0.2, 0) is 4.74 Å². The van der Waals surface area contributed by atoms with Crippen molar-refractivity contribution in [3.8, 4) is 12.5 Å². The third kappa shape index (κ3) is 3.97. The van der Waals surface area contributed by atoms with E-state index < -0.39 is 5.97 Å². The zero-order chi connectivity index (χ0) is 15.8. The van der Waals surface area contributed by atoms with Gasteiger partial charge in [0.1, 0.15) is 6.11 Å². The Kier molecular flexibility index (Phi) is 5.33. The highest BCUT2D eigenvalue weighted by Crippen LogP contribution is 2.15. The molecule has 4 heteroatoms. The Labute approximate surface area is 130 Å². The van der Waals surface area contributed by atoms with E-state index in [1.54, 1.807) is 30.6 Å². The lowest BCUT2D eigenvalue weighted by Crippen LogP contribution is -2.19. The third-order valence-corrected chi connectivity index (χ3v) is 3.03. The molecule has 4 nitrogen and oxygen atoms in total. The quantitative estimate of drug-likeness (QED) is 0.366. The number of para-hydroxylation sites is 1. The summed E-state index contributed by atoms with van der Waals surface area (Å²) in [7, 11) is 0. The van der Waals surface area contributed by atoms with Crippen LogP contribution in [0.15, 0.2) is 59.6 Å². The number of aliphatic imine (C=N–C) groups is 1. The van der Waals surface area contributed by atoms with Crippen molar-refractivity contribution < 1.29 is 9.53 Å². The van der Waals surface area contributed by atoms with E-state index in [0.29, 0.717) is 5.56 Å². The van der Waals surface area contributed by atoms with E-state index in [0.717, 1.165) is 17.9 Å². The molecular weight excluding hydrogens is 276 g/mol. The lowest BCUT2D eigenvalue weighted by atomic mass is 10.2. The van der Waals surface area contributed by atoms with Crippen LogP contribution in [0.5, 0.6) is 0 Å². The van der Waals surface area contributed by atoms with E-state index in [1.807, 2.05) is 41.3 Å². The Morgan fingerprint density at radius 3 is 2.50 bits per heavy atom. The fourth-order valence-electron chi connectivity index (χ4n) is 1.88. The summed E-state index contributed by atoms with van der Waals surface area (Å²) in [5, 5.41) is 0. The van der Waals surface area contributed by atoms with Crippen LogP contribution in [0.3, 0.4) is 0 Å². The summed E-state index contributed by atoms with van der Waals surface area (Å²) >= 11 is 0. The van der Waals surface area contributed by atoms with Crippen molar-refractivity contribution in [2.45, 2.75) is 6.92 Å². The summed E-state index contributed by atoms with van der Waals surface area (Å²) in [6.45, 7) is 2.86. The van der Waals surface area contributed by atoms with Gasteiger partial charge in [-0.25, -0.2) is 9.79 Å². The summed E-state index contributed by atoms with van der Waals surface area (Å²) < 4.78 is 4.48. The van der Waals surface area contributed by atoms with Gasteiger partial charge < -0.3 is 9.64 Å². The van der Waals surface area contributed by atoms with E-state index in [9.17, 15) is 4.79 Å². The summed E-state index contributed by atoms with van der Waals surface area (Å²) in [5.41, 5.74) is 2.21. The molecule has 0 amide bonds. The van der Waals surface area contributed by atoms with Crippen molar-refractivity contribution in [3.05, 3.63) is 60.2 Å². The highest BCUT2D eigenvalue weighted by atomic mass is 16.5. The fraction of sp³-hybridized carbons (Fsp3) is 0.111. The lowest BCUT2D eigenvalue weighted by Gasteiger charge is -2.16. The topological polar surface area (TPSA) is 41.9 Å². The summed E-state index contributed by atoms with van der Waals surface area (Å²) in [6.07, 6.45) is 8.55. The predicted octanol–water partition coefficient (Wildman–Crippen LogP) is 3.62. The van der Waals surface area contributed by atoms with Crippen LogP contribution in [0.1, 0.15) is 17.3 Å². The van der Waals surface area contributed by atoms with Crippen molar-refractivity contribution >= 4 is 23.7 Å². The fourth-order valence-corrected chi connectivity index (χ4v) is 1.88. The predicted molar refractivity (Wildman–Crippen MR) is 88.3 cm³/mol. The largest absolute Gasteiger partial charge is 0.369 e. The molecule has 0 spiro atoms. The zero-order valence-corrected chi connectivity index (χ0v) is 12.3. The van der Waals surface area contributed by atoms with Crippen molar-refractivity contribution in [1.82, 2.24) is 0 Å². The monoisotopic (exact) mass is 292 g/mol. The molecule has 0 atom stereocenters. The second kappa shape index (κ2) is 7.65. The second-order valence-electron chi connectivity index (χ2n) is 4.42. The molecule has 2 aromatic rings. The number of terminal acetylenes is 1. The summed E-state index contributed by atoms with van der Waals surface area (Å²) in [4.78, 5) is 17.9. The molecule has 0 N–H and O–H groups in total. The minimum atomic E-state index is -0.544. The molecule has 0 radical (unpaired) electrons. The Balaban J connectivity index is 2.09. The molecule has 2 rings (SSSR count). The lowest BCUT2D eigenvalue weighted by molar-refractivity contribution is 0.0691. The Bertz CT molecular complexity index is 685. The van der Waals surface area contributed by atoms with E-state index in [-0.39, 0.29) is 0 Å². The van der Waals surface area contributed by atoms with Crippen LogP contribution in [0.4, 0.5) is 11.4 Å². The number of nitrogens with zero attached hydrogens (tertiary/aromatic N) is 2. The zero-order valence-electron chi connectivity index (χ0n) is 12.3. The van der Waals surface area contributed by atoms with Crippen LogP contribution in [0, 0.1) is 12.5 Å². The first kappa shape index (κ1) is 15.3. The minimum Gasteiger partial charge on any atom is -0.369 e. The van der Waals surface area contributed by atoms with Gasteiger partial charge in [0, 0.05) is 12.2 Å². The highest BCUT2D eigenvalue weighted by Gasteiger charge is 2.05. The maximum atomic E-state index is 11.4. The molecule has 0 heterocycles. The van der Waals surface area contributed by atoms with E-state index in [4.69, 9.17) is 6.42 Å². The molecule has 22 heavy (non-hydrogen) atoms. The summed E-state index contributed by atoms with van der Waals surface area (Å²) in [5.74, 6) is -0.544. The number of benzene rings is 2. The minimum absolute atomic E-state index is 0.396. The number of anilines is 1. The SMILES string of the molecule is C#COC(=O)c1ccc(N=CN(CC)c2ccccc2)cc1. The van der Waals surface area contributed by atoms with E-state index in [1.165, 1.54) is 0 Å². The molecule has 0 saturated carbocycles. The molecule has 0 aliphatic rings. The van der Waals surface area contributed by atoms with Crippen molar-refractivity contribution in [2.75, 3.05) is 11.4 Å². The van der Waals surface area contributed by atoms with Crippen molar-refractivity contribution in [3.63, 3.8) is 0 Å². The number of carbonyl (C=O) groups excluding carboxylic acids is 1. The van der Waals surface area contributed by atoms with E-state index in [2.05, 4.69) is 16.7 Å². The number of hydrogen-bond acceptors (Lipinski definition) is 3. The number of hydrogen-bond donors (Lipinski definition) is 0. The standard InChI is InChI=1S/C18H16N2O2/c1-3-20(17-8-6-5-7-9-17)14-19-16-12-10-15(11-13-16)18(21)22-4-2/h2,5-14H,3H2,1H3. The molecular formula is C18H16N2O2. The van der Waals surface area contributed by atoms with Gasteiger partial charge in [-0.2, -0.15) is 0 Å². The second-order valence-corrected chi connectivity index (χ2v) is 4.42. The molecule has 0 saturated heterocycles. The average Bonchev–Trinajstić information content (AvgIpc) is 2.57. The van der Waals surface area contributed by atoms with Gasteiger partial charge in [-0.3, -0.25) is 0 Å². The average molecular weight is 292 g/mol. The normalized spacial score (nSPS) is 10.2. The Hall–Kier alpha value is -3.06. The molecule has 0 aliphatic carbocycles. The molecule has 0 unspecified atom stereocenters. The Morgan fingerprint density at radius 1 is 1.23 bits per heavy atom. The first-order chi connectivity index (χ1) is 10.7. The molecule has 0 bridgehead atoms. The van der Waals surface area contributed by atoms with Gasteiger partial charge in [0.2, 0.25) is 0 Å². The van der Waals surface area contributed by atoms with Gasteiger partial charge in [-0.05, 0) is 43.3 Å². The maximum Gasteiger partial charge on any atom is 0.352 e. The van der Waals surface area contributed by atoms with Crippen LogP contribution in [-0.4, -0.2) is 18.9 Å². The van der Waals surface area contributed by atoms with Gasteiger partial charge in [-0.1, -0.05) is 24.6 Å². The van der Waals surface area contributed by atoms with Crippen LogP contribution in [0.2, 0.25) is 0 Å². The van der Waals surface area contributed by atoms with Crippen molar-refractivity contribution in [2.24, 2.45) is 4.99 Å². The third-order valence-electron chi connectivity index (χ3n) is 3.03. The van der Waals surface area contributed by atoms with Gasteiger partial charge in [0.15, 0.2) is 0 Å². The van der Waals surface area contributed by atoms with Crippen LogP contribution < -0.4 is 4.90 Å². The van der Waals surface area contributed by atoms with Gasteiger partial charge in [0.25, 0.3) is 0 Å². The molecule has 2 aromatic carbocycles. The molecule has 0 aliphatic heterocycles. The summed E-state index contributed by atoms with van der Waals surface area (Å²) in [6, 6.07) is 16.7. The molecule has 0 fully saturated rings. The van der Waals surface area contributed by atoms with E-state index >= 15 is 0 Å². The molecule has 0 aromatic heterocycles. The van der Waals surface area contributed by atoms with Gasteiger partial charge in [0.05, 0.1) is 17.6 Å². The number of esters is 1. The van der Waals surface area contributed by atoms with Crippen LogP contribution >= 0.6 is 0 Å². The first-order valence-electron chi connectivity index (χ1n) is 6.87. The Morgan fingerprint density at radius 2 is 1.91 bits per heavy atom. The number of carbonyl (C=O) groups is 1. The number of rotatable bonds is 5. The maximum absolute atomic E-state index is 11.4. The first-order valence-corrected chi connectivity index (χ1v) is 6.87. The highest BCUT2D eigenvalue weighted by molar-refractivity contribution is 5.90. The van der Waals surface area contributed by atoms with Crippen LogP contribution in [0.25, 0.3) is 0 Å².